The fourth-order valence-corrected chi connectivity index (χ4v) is 1.40. The van der Waals surface area contributed by atoms with E-state index in [0.29, 0.717) is 0 Å². The van der Waals surface area contributed by atoms with Crippen molar-refractivity contribution in [1.29, 1.82) is 0 Å². The average Bonchev–Trinajstić information content (AvgIpc) is 1.91. The zero-order chi connectivity index (χ0) is 9.19. The molecular formula is C8H16F2N2. The maximum atomic E-state index is 12.5. The molecule has 0 spiro atoms. The molecule has 1 rings (SSSR count). The predicted octanol–water partition coefficient (Wildman–Crippen LogP) is 0.889. The van der Waals surface area contributed by atoms with E-state index in [1.165, 1.54) is 0 Å². The summed E-state index contributed by atoms with van der Waals surface area (Å²) in [5.74, 6) is -2.55. The van der Waals surface area contributed by atoms with Crippen LogP contribution in [0.3, 0.4) is 0 Å². The average molecular weight is 178 g/mol. The lowest BCUT2D eigenvalue weighted by Crippen LogP contribution is -2.47. The smallest absolute Gasteiger partial charge is 0.257 e. The summed E-state index contributed by atoms with van der Waals surface area (Å²) < 4.78 is 25.1. The van der Waals surface area contributed by atoms with E-state index in [1.807, 2.05) is 11.9 Å². The van der Waals surface area contributed by atoms with Crippen LogP contribution >= 0.6 is 0 Å². The highest BCUT2D eigenvalue weighted by Crippen LogP contribution is 2.14. The number of rotatable bonds is 2. The lowest BCUT2D eigenvalue weighted by molar-refractivity contribution is -0.0240. The van der Waals surface area contributed by atoms with Gasteiger partial charge in [-0.3, -0.25) is 4.90 Å². The minimum absolute atomic E-state index is 0.0964. The van der Waals surface area contributed by atoms with Gasteiger partial charge in [-0.05, 0) is 7.05 Å². The highest BCUT2D eigenvalue weighted by Gasteiger charge is 2.26. The van der Waals surface area contributed by atoms with Crippen molar-refractivity contribution >= 4 is 0 Å². The third kappa shape index (κ3) is 3.45. The van der Waals surface area contributed by atoms with Gasteiger partial charge in [-0.2, -0.15) is 0 Å². The minimum atomic E-state index is -2.55. The van der Waals surface area contributed by atoms with Gasteiger partial charge in [0, 0.05) is 33.1 Å². The molecule has 1 aliphatic heterocycles. The molecule has 0 aromatic heterocycles. The molecule has 0 radical (unpaired) electrons. The summed E-state index contributed by atoms with van der Waals surface area (Å²) in [6.07, 6.45) is 0. The van der Waals surface area contributed by atoms with Crippen LogP contribution in [-0.2, 0) is 0 Å². The molecule has 0 atom stereocenters. The van der Waals surface area contributed by atoms with Gasteiger partial charge in [-0.15, -0.1) is 0 Å². The van der Waals surface area contributed by atoms with Crippen LogP contribution in [0.5, 0.6) is 0 Å². The van der Waals surface area contributed by atoms with Crippen molar-refractivity contribution in [2.45, 2.75) is 12.8 Å². The third-order valence-corrected chi connectivity index (χ3v) is 2.10. The Kier molecular flexibility index (Phi) is 3.01. The van der Waals surface area contributed by atoms with Crippen LogP contribution in [0.1, 0.15) is 6.92 Å². The normalized spacial score (nSPS) is 23.0. The lowest BCUT2D eigenvalue weighted by Gasteiger charge is -2.33. The van der Waals surface area contributed by atoms with E-state index in [9.17, 15) is 8.78 Å². The fourth-order valence-electron chi connectivity index (χ4n) is 1.40. The number of hydrogen-bond donors (Lipinski definition) is 0. The van der Waals surface area contributed by atoms with Crippen LogP contribution in [0.15, 0.2) is 0 Å². The van der Waals surface area contributed by atoms with E-state index >= 15 is 0 Å². The van der Waals surface area contributed by atoms with Gasteiger partial charge in [0.05, 0.1) is 6.54 Å². The highest BCUT2D eigenvalue weighted by molar-refractivity contribution is 4.73. The molecule has 0 aliphatic carbocycles. The number of alkyl halides is 2. The topological polar surface area (TPSA) is 6.48 Å². The van der Waals surface area contributed by atoms with E-state index in [2.05, 4.69) is 4.90 Å². The molecule has 1 heterocycles. The van der Waals surface area contributed by atoms with Crippen molar-refractivity contribution in [2.75, 3.05) is 39.8 Å². The van der Waals surface area contributed by atoms with E-state index in [-0.39, 0.29) is 6.54 Å². The monoisotopic (exact) mass is 178 g/mol. The number of piperazine rings is 1. The molecule has 72 valence electrons. The second kappa shape index (κ2) is 3.66. The van der Waals surface area contributed by atoms with Crippen molar-refractivity contribution in [1.82, 2.24) is 9.80 Å². The van der Waals surface area contributed by atoms with E-state index < -0.39 is 5.92 Å². The summed E-state index contributed by atoms with van der Waals surface area (Å²) in [5, 5.41) is 0. The molecule has 2 nitrogen and oxygen atoms in total. The van der Waals surface area contributed by atoms with E-state index in [1.54, 1.807) is 0 Å². The molecule has 0 saturated carbocycles. The van der Waals surface area contributed by atoms with Crippen LogP contribution in [-0.4, -0.2) is 55.5 Å². The molecule has 4 heteroatoms. The van der Waals surface area contributed by atoms with E-state index in [4.69, 9.17) is 0 Å². The van der Waals surface area contributed by atoms with Gasteiger partial charge in [-0.25, -0.2) is 8.78 Å². The molecule has 0 N–H and O–H groups in total. The summed E-state index contributed by atoms with van der Waals surface area (Å²) in [6, 6.07) is 0. The van der Waals surface area contributed by atoms with Crippen molar-refractivity contribution in [3.63, 3.8) is 0 Å². The SMILES string of the molecule is CN1CCN(CC(C)(F)F)CC1. The Hall–Kier alpha value is -0.220. The molecule has 12 heavy (non-hydrogen) atoms. The Bertz CT molecular complexity index is 136. The zero-order valence-corrected chi connectivity index (χ0v) is 7.69. The van der Waals surface area contributed by atoms with Crippen LogP contribution in [0.2, 0.25) is 0 Å². The second-order valence-corrected chi connectivity index (χ2v) is 3.65. The number of nitrogens with zero attached hydrogens (tertiary/aromatic N) is 2. The first kappa shape index (κ1) is 9.86. The molecular weight excluding hydrogens is 162 g/mol. The number of likely N-dealkylation sites (N-methyl/N-ethyl adjacent to an activating group) is 1. The Morgan fingerprint density at radius 2 is 1.67 bits per heavy atom. The number of hydrogen-bond acceptors (Lipinski definition) is 2. The summed E-state index contributed by atoms with van der Waals surface area (Å²) in [5.41, 5.74) is 0. The van der Waals surface area contributed by atoms with Crippen LogP contribution < -0.4 is 0 Å². The molecule has 0 aromatic rings. The third-order valence-electron chi connectivity index (χ3n) is 2.10. The first-order valence-corrected chi connectivity index (χ1v) is 4.26. The summed E-state index contributed by atoms with van der Waals surface area (Å²) >= 11 is 0. The fraction of sp³-hybridized carbons (Fsp3) is 1.00. The Balaban J connectivity index is 2.26. The quantitative estimate of drug-likeness (QED) is 0.619. The summed E-state index contributed by atoms with van der Waals surface area (Å²) in [4.78, 5) is 3.98. The van der Waals surface area contributed by atoms with Gasteiger partial charge in [0.2, 0.25) is 0 Å². The molecule has 1 fully saturated rings. The van der Waals surface area contributed by atoms with Crippen LogP contribution in [0.25, 0.3) is 0 Å². The van der Waals surface area contributed by atoms with Gasteiger partial charge in [0.25, 0.3) is 5.92 Å². The van der Waals surface area contributed by atoms with Gasteiger partial charge in [0.1, 0.15) is 0 Å². The highest BCUT2D eigenvalue weighted by atomic mass is 19.3. The first-order valence-electron chi connectivity index (χ1n) is 4.26. The Morgan fingerprint density at radius 1 is 1.17 bits per heavy atom. The van der Waals surface area contributed by atoms with E-state index in [0.717, 1.165) is 33.1 Å². The maximum absolute atomic E-state index is 12.5. The standard InChI is InChI=1S/C8H16F2N2/c1-8(9,10)7-12-5-3-11(2)4-6-12/h3-7H2,1-2H3. The minimum Gasteiger partial charge on any atom is -0.304 e. The van der Waals surface area contributed by atoms with Crippen molar-refractivity contribution < 1.29 is 8.78 Å². The summed E-state index contributed by atoms with van der Waals surface area (Å²) in [7, 11) is 2.02. The predicted molar refractivity (Wildman–Crippen MR) is 44.6 cm³/mol. The Morgan fingerprint density at radius 3 is 2.08 bits per heavy atom. The lowest BCUT2D eigenvalue weighted by atomic mass is 10.3. The maximum Gasteiger partial charge on any atom is 0.257 e. The largest absolute Gasteiger partial charge is 0.304 e. The zero-order valence-electron chi connectivity index (χ0n) is 7.69. The van der Waals surface area contributed by atoms with Gasteiger partial charge >= 0.3 is 0 Å². The first-order chi connectivity index (χ1) is 5.47. The van der Waals surface area contributed by atoms with Gasteiger partial charge in [0.15, 0.2) is 0 Å². The van der Waals surface area contributed by atoms with Gasteiger partial charge in [-0.1, -0.05) is 0 Å². The van der Waals surface area contributed by atoms with Crippen LogP contribution in [0, 0.1) is 0 Å². The molecule has 0 amide bonds. The van der Waals surface area contributed by atoms with Crippen molar-refractivity contribution in [3.05, 3.63) is 0 Å². The summed E-state index contributed by atoms with van der Waals surface area (Å²) in [6.45, 7) is 4.21. The van der Waals surface area contributed by atoms with Crippen molar-refractivity contribution in [3.8, 4) is 0 Å². The molecule has 1 saturated heterocycles. The molecule has 1 aliphatic rings. The number of halogens is 2. The molecule has 0 unspecified atom stereocenters. The van der Waals surface area contributed by atoms with Crippen LogP contribution in [0.4, 0.5) is 8.78 Å². The molecule has 0 bridgehead atoms. The molecule has 0 aromatic carbocycles. The van der Waals surface area contributed by atoms with Gasteiger partial charge < -0.3 is 4.90 Å². The van der Waals surface area contributed by atoms with Crippen molar-refractivity contribution in [2.24, 2.45) is 0 Å². The second-order valence-electron chi connectivity index (χ2n) is 3.65. The Labute approximate surface area is 72.1 Å².